The topological polar surface area (TPSA) is 112 Å². The lowest BCUT2D eigenvalue weighted by molar-refractivity contribution is -0.113. The van der Waals surface area contributed by atoms with Crippen molar-refractivity contribution in [3.8, 4) is 0 Å². The van der Waals surface area contributed by atoms with E-state index < -0.39 is 11.2 Å². The zero-order valence-corrected chi connectivity index (χ0v) is 19.3. The van der Waals surface area contributed by atoms with Crippen molar-refractivity contribution in [3.05, 3.63) is 50.4 Å². The van der Waals surface area contributed by atoms with E-state index in [0.29, 0.717) is 21.6 Å². The number of thiazole rings is 1. The largest absolute Gasteiger partial charge is 0.332 e. The van der Waals surface area contributed by atoms with Crippen molar-refractivity contribution >= 4 is 55.4 Å². The van der Waals surface area contributed by atoms with Gasteiger partial charge in [-0.25, -0.2) is 19.7 Å². The number of anilines is 1. The Balaban J connectivity index is 1.44. The van der Waals surface area contributed by atoms with Crippen LogP contribution in [-0.2, 0) is 18.9 Å². The number of hydrogen-bond donors (Lipinski definition) is 1. The lowest BCUT2D eigenvalue weighted by Gasteiger charge is -2.11. The van der Waals surface area contributed by atoms with E-state index in [9.17, 15) is 14.4 Å². The maximum absolute atomic E-state index is 12.8. The first kappa shape index (κ1) is 20.8. The molecule has 1 amide bonds. The maximum Gasteiger partial charge on any atom is 0.332 e. The second-order valence-corrected chi connectivity index (χ2v) is 9.89. The summed E-state index contributed by atoms with van der Waals surface area (Å²) in [5, 5.41) is 4.04. The molecule has 1 aliphatic carbocycles. The van der Waals surface area contributed by atoms with E-state index in [0.717, 1.165) is 33.2 Å². The van der Waals surface area contributed by atoms with E-state index in [1.54, 1.807) is 7.05 Å². The van der Waals surface area contributed by atoms with Crippen molar-refractivity contribution in [1.82, 2.24) is 24.1 Å². The number of nitrogens with one attached hydrogen (secondary N) is 1. The van der Waals surface area contributed by atoms with Gasteiger partial charge in [0.1, 0.15) is 16.2 Å². The van der Waals surface area contributed by atoms with Gasteiger partial charge < -0.3 is 5.32 Å². The van der Waals surface area contributed by atoms with Crippen LogP contribution < -0.4 is 16.6 Å². The van der Waals surface area contributed by atoms with E-state index in [2.05, 4.69) is 20.3 Å². The minimum Gasteiger partial charge on any atom is -0.301 e. The minimum atomic E-state index is -0.463. The van der Waals surface area contributed by atoms with Gasteiger partial charge in [-0.3, -0.25) is 18.7 Å². The quantitative estimate of drug-likeness (QED) is 0.354. The number of carbonyl (C=O) groups is 1. The number of fused-ring (bicyclic) bond motifs is 2. The summed E-state index contributed by atoms with van der Waals surface area (Å²) in [6.45, 7) is 2.01. The highest BCUT2D eigenvalue weighted by atomic mass is 32.2. The summed E-state index contributed by atoms with van der Waals surface area (Å²) in [7, 11) is 3.01. The summed E-state index contributed by atoms with van der Waals surface area (Å²) in [4.78, 5) is 51.4. The Labute approximate surface area is 190 Å². The molecule has 32 heavy (non-hydrogen) atoms. The molecule has 164 valence electrons. The summed E-state index contributed by atoms with van der Waals surface area (Å²) in [6.07, 6.45) is 1.96. The van der Waals surface area contributed by atoms with Gasteiger partial charge in [0.2, 0.25) is 5.91 Å². The molecular formula is C21H20N6O3S2. The SMILES string of the molecule is Cc1ccc2nc(NC(=O)CSc3nc(C4CC4)nc4c3c(=O)n(C)c(=O)n4C)sc2c1. The molecule has 1 fully saturated rings. The number of carbonyl (C=O) groups excluding carboxylic acids is 1. The lowest BCUT2D eigenvalue weighted by atomic mass is 10.2. The second kappa shape index (κ2) is 7.82. The van der Waals surface area contributed by atoms with Gasteiger partial charge >= 0.3 is 5.69 Å². The molecule has 5 rings (SSSR count). The van der Waals surface area contributed by atoms with E-state index in [4.69, 9.17) is 0 Å². The predicted molar refractivity (Wildman–Crippen MR) is 126 cm³/mol. The van der Waals surface area contributed by atoms with Crippen LogP contribution in [0.4, 0.5) is 5.13 Å². The molecule has 11 heteroatoms. The standard InChI is InChI=1S/C21H20N6O3S2/c1-10-4-7-12-13(8-10)32-20(22-12)23-14(28)9-31-18-15-17(24-16(25-18)11-5-6-11)26(2)21(30)27(3)19(15)29/h4,7-8,11H,5-6,9H2,1-3H3,(H,22,23,28). The average molecular weight is 469 g/mol. The number of thioether (sulfide) groups is 1. The van der Waals surface area contributed by atoms with Crippen LogP contribution in [0.3, 0.4) is 0 Å². The van der Waals surface area contributed by atoms with Crippen molar-refractivity contribution in [2.24, 2.45) is 14.1 Å². The van der Waals surface area contributed by atoms with Crippen LogP contribution in [0.5, 0.6) is 0 Å². The number of hydrogen-bond acceptors (Lipinski definition) is 8. The minimum absolute atomic E-state index is 0.0527. The summed E-state index contributed by atoms with van der Waals surface area (Å²) < 4.78 is 3.40. The highest BCUT2D eigenvalue weighted by Crippen LogP contribution is 2.39. The average Bonchev–Trinajstić information content (AvgIpc) is 3.55. The Hall–Kier alpha value is -3.05. The number of amides is 1. The van der Waals surface area contributed by atoms with Crippen molar-refractivity contribution in [3.63, 3.8) is 0 Å². The summed E-state index contributed by atoms with van der Waals surface area (Å²) in [6, 6.07) is 5.94. The Morgan fingerprint density at radius 1 is 1.19 bits per heavy atom. The Morgan fingerprint density at radius 2 is 1.97 bits per heavy atom. The molecule has 1 aliphatic rings. The number of nitrogens with zero attached hydrogens (tertiary/aromatic N) is 5. The molecule has 0 spiro atoms. The molecule has 4 aromatic rings. The number of benzene rings is 1. The van der Waals surface area contributed by atoms with Crippen LogP contribution in [0.25, 0.3) is 21.3 Å². The van der Waals surface area contributed by atoms with Gasteiger partial charge in [-0.05, 0) is 37.5 Å². The summed E-state index contributed by atoms with van der Waals surface area (Å²) in [5.41, 5.74) is 1.37. The molecule has 0 bridgehead atoms. The van der Waals surface area contributed by atoms with Crippen molar-refractivity contribution < 1.29 is 4.79 Å². The molecule has 3 heterocycles. The number of aromatic nitrogens is 5. The zero-order valence-electron chi connectivity index (χ0n) is 17.7. The highest BCUT2D eigenvalue weighted by Gasteiger charge is 2.29. The molecule has 1 N–H and O–H groups in total. The molecule has 0 saturated heterocycles. The fourth-order valence-corrected chi connectivity index (χ4v) is 5.25. The first-order valence-corrected chi connectivity index (χ1v) is 11.9. The molecule has 1 saturated carbocycles. The molecule has 0 radical (unpaired) electrons. The van der Waals surface area contributed by atoms with Crippen molar-refractivity contribution in [2.45, 2.75) is 30.7 Å². The molecule has 3 aromatic heterocycles. The van der Waals surface area contributed by atoms with Crippen LogP contribution in [0.2, 0.25) is 0 Å². The van der Waals surface area contributed by atoms with E-state index in [1.165, 1.54) is 34.7 Å². The monoisotopic (exact) mass is 468 g/mol. The molecular weight excluding hydrogens is 448 g/mol. The molecule has 0 aliphatic heterocycles. The third-order valence-electron chi connectivity index (χ3n) is 5.36. The van der Waals surface area contributed by atoms with Crippen molar-refractivity contribution in [2.75, 3.05) is 11.1 Å². The summed E-state index contributed by atoms with van der Waals surface area (Å²) in [5.74, 6) is 0.660. The van der Waals surface area contributed by atoms with Crippen LogP contribution in [0.15, 0.2) is 32.8 Å². The summed E-state index contributed by atoms with van der Waals surface area (Å²) >= 11 is 2.59. The van der Waals surface area contributed by atoms with Gasteiger partial charge in [0.15, 0.2) is 10.8 Å². The lowest BCUT2D eigenvalue weighted by Crippen LogP contribution is -2.37. The van der Waals surface area contributed by atoms with Gasteiger partial charge in [-0.2, -0.15) is 0 Å². The van der Waals surface area contributed by atoms with E-state index >= 15 is 0 Å². The Bertz CT molecular complexity index is 1520. The van der Waals surface area contributed by atoms with Crippen LogP contribution in [0, 0.1) is 6.92 Å². The first-order chi connectivity index (χ1) is 15.3. The predicted octanol–water partition coefficient (Wildman–Crippen LogP) is 2.55. The van der Waals surface area contributed by atoms with Crippen LogP contribution in [-0.4, -0.2) is 35.7 Å². The van der Waals surface area contributed by atoms with Crippen LogP contribution in [0.1, 0.15) is 30.1 Å². The Kier molecular flexibility index (Phi) is 5.09. The maximum atomic E-state index is 12.8. The zero-order chi connectivity index (χ0) is 22.6. The highest BCUT2D eigenvalue weighted by molar-refractivity contribution is 8.00. The van der Waals surface area contributed by atoms with Gasteiger partial charge in [-0.15, -0.1) is 0 Å². The van der Waals surface area contributed by atoms with Crippen LogP contribution >= 0.6 is 23.1 Å². The third kappa shape index (κ3) is 3.71. The van der Waals surface area contributed by atoms with Gasteiger partial charge in [0.25, 0.3) is 5.56 Å². The number of rotatable bonds is 5. The van der Waals surface area contributed by atoms with E-state index in [1.807, 2.05) is 25.1 Å². The third-order valence-corrected chi connectivity index (χ3v) is 7.27. The van der Waals surface area contributed by atoms with E-state index in [-0.39, 0.29) is 23.0 Å². The molecule has 0 atom stereocenters. The molecule has 1 aromatic carbocycles. The second-order valence-electron chi connectivity index (χ2n) is 7.89. The molecule has 0 unspecified atom stereocenters. The smallest absolute Gasteiger partial charge is 0.301 e. The van der Waals surface area contributed by atoms with Gasteiger partial charge in [0.05, 0.1) is 16.0 Å². The number of aryl methyl sites for hydroxylation is 2. The fourth-order valence-electron chi connectivity index (χ4n) is 3.45. The fraction of sp³-hybridized carbons (Fsp3) is 0.333. The Morgan fingerprint density at radius 3 is 2.72 bits per heavy atom. The van der Waals surface area contributed by atoms with Gasteiger partial charge in [-0.1, -0.05) is 29.2 Å². The molecule has 9 nitrogen and oxygen atoms in total. The first-order valence-electron chi connectivity index (χ1n) is 10.1. The van der Waals surface area contributed by atoms with Crippen molar-refractivity contribution in [1.29, 1.82) is 0 Å². The normalized spacial score (nSPS) is 13.7. The van der Waals surface area contributed by atoms with Gasteiger partial charge in [0, 0.05) is 20.0 Å².